The van der Waals surface area contributed by atoms with Crippen molar-refractivity contribution in [2.24, 2.45) is 7.05 Å². The standard InChI is InChI=1S/C28H36N6O5/c1-8-28(5,6)39-26(37)33-24-21-22(34(7)15-29-21)18-13-19(30-23(18)32-24)16-10-9-11-17(12-16)20(14-35)31-25(36)38-27(2,3)4/h9-13,15,20,35H,8,14H2,1-7H3,(H,31,36)(H2,30,32,33,37)/t20-/m1/s1. The molecule has 0 fully saturated rings. The molecule has 1 aromatic carbocycles. The molecule has 0 unspecified atom stereocenters. The number of imidazole rings is 1. The maximum Gasteiger partial charge on any atom is 0.413 e. The smallest absolute Gasteiger partial charge is 0.413 e. The summed E-state index contributed by atoms with van der Waals surface area (Å²) in [6.07, 6.45) is 1.11. The number of benzene rings is 1. The highest BCUT2D eigenvalue weighted by molar-refractivity contribution is 6.09. The van der Waals surface area contributed by atoms with Crippen molar-refractivity contribution in [3.63, 3.8) is 0 Å². The SMILES string of the molecule is CCC(C)(C)OC(=O)Nc1nc2[nH]c(-c3cccc([C@@H](CO)NC(=O)OC(C)(C)C)c3)cc2c2c1ncn2C. The Labute approximate surface area is 226 Å². The van der Waals surface area contributed by atoms with Crippen LogP contribution in [0.2, 0.25) is 0 Å². The molecule has 0 aliphatic heterocycles. The normalized spacial score (nSPS) is 12.9. The van der Waals surface area contributed by atoms with Crippen LogP contribution < -0.4 is 10.6 Å². The summed E-state index contributed by atoms with van der Waals surface area (Å²) >= 11 is 0. The number of fused-ring (bicyclic) bond motifs is 3. The van der Waals surface area contributed by atoms with E-state index >= 15 is 0 Å². The maximum atomic E-state index is 12.6. The molecule has 0 aliphatic carbocycles. The van der Waals surface area contributed by atoms with E-state index < -0.39 is 29.4 Å². The number of ether oxygens (including phenoxy) is 2. The molecule has 3 aromatic heterocycles. The van der Waals surface area contributed by atoms with E-state index in [2.05, 4.69) is 25.6 Å². The molecule has 4 rings (SSSR count). The Morgan fingerprint density at radius 2 is 1.87 bits per heavy atom. The minimum absolute atomic E-state index is 0.291. The number of pyridine rings is 1. The van der Waals surface area contributed by atoms with Gasteiger partial charge in [-0.25, -0.2) is 19.6 Å². The van der Waals surface area contributed by atoms with Crippen molar-refractivity contribution in [1.29, 1.82) is 0 Å². The fourth-order valence-electron chi connectivity index (χ4n) is 4.09. The Bertz CT molecular complexity index is 1510. The number of H-pyrrole nitrogens is 1. The highest BCUT2D eigenvalue weighted by atomic mass is 16.6. The Morgan fingerprint density at radius 1 is 1.13 bits per heavy atom. The van der Waals surface area contributed by atoms with Crippen LogP contribution in [0.3, 0.4) is 0 Å². The molecule has 3 heterocycles. The number of hydrogen-bond donors (Lipinski definition) is 4. The van der Waals surface area contributed by atoms with Crippen molar-refractivity contribution in [3.05, 3.63) is 42.2 Å². The number of amides is 2. The second kappa shape index (κ2) is 10.6. The van der Waals surface area contributed by atoms with Crippen LogP contribution in [0.4, 0.5) is 15.4 Å². The molecule has 0 spiro atoms. The molecule has 0 aliphatic rings. The van der Waals surface area contributed by atoms with Gasteiger partial charge in [0.05, 0.1) is 24.5 Å². The van der Waals surface area contributed by atoms with Gasteiger partial charge in [-0.05, 0) is 64.3 Å². The average Bonchev–Trinajstić information content (AvgIpc) is 3.45. The number of aryl methyl sites for hydroxylation is 1. The van der Waals surface area contributed by atoms with Gasteiger partial charge in [0.25, 0.3) is 0 Å². The lowest BCUT2D eigenvalue weighted by molar-refractivity contribution is 0.0457. The lowest BCUT2D eigenvalue weighted by atomic mass is 10.0. The number of carbonyl (C=O) groups is 2. The summed E-state index contributed by atoms with van der Waals surface area (Å²) in [6.45, 7) is 10.7. The van der Waals surface area contributed by atoms with Gasteiger partial charge in [-0.1, -0.05) is 25.1 Å². The zero-order valence-corrected chi connectivity index (χ0v) is 23.4. The van der Waals surface area contributed by atoms with E-state index in [1.807, 2.05) is 62.7 Å². The van der Waals surface area contributed by atoms with E-state index in [1.54, 1.807) is 27.1 Å². The van der Waals surface area contributed by atoms with Crippen LogP contribution in [0.5, 0.6) is 0 Å². The number of nitrogens with zero attached hydrogens (tertiary/aromatic N) is 3. The number of aliphatic hydroxyl groups excluding tert-OH is 1. The fourth-order valence-corrected chi connectivity index (χ4v) is 4.09. The highest BCUT2D eigenvalue weighted by Gasteiger charge is 2.24. The Kier molecular flexibility index (Phi) is 7.56. The Morgan fingerprint density at radius 3 is 2.54 bits per heavy atom. The molecular formula is C28H36N6O5. The molecule has 1 atom stereocenters. The summed E-state index contributed by atoms with van der Waals surface area (Å²) in [5.41, 5.74) is 2.92. The van der Waals surface area contributed by atoms with Gasteiger partial charge >= 0.3 is 12.2 Å². The molecule has 208 valence electrons. The molecule has 0 radical (unpaired) electrons. The first-order valence-electron chi connectivity index (χ1n) is 12.8. The molecule has 0 saturated heterocycles. The van der Waals surface area contributed by atoms with Gasteiger partial charge in [0.15, 0.2) is 5.82 Å². The zero-order chi connectivity index (χ0) is 28.5. The summed E-state index contributed by atoms with van der Waals surface area (Å²) in [6, 6.07) is 8.78. The van der Waals surface area contributed by atoms with Gasteiger partial charge < -0.3 is 29.4 Å². The lowest BCUT2D eigenvalue weighted by Crippen LogP contribution is -2.36. The van der Waals surface area contributed by atoms with Crippen molar-refractivity contribution >= 4 is 40.1 Å². The van der Waals surface area contributed by atoms with Crippen LogP contribution >= 0.6 is 0 Å². The summed E-state index contributed by atoms with van der Waals surface area (Å²) in [5.74, 6) is 0.291. The molecular weight excluding hydrogens is 500 g/mol. The Hall–Kier alpha value is -4.12. The fraction of sp³-hybridized carbons (Fsp3) is 0.429. The number of alkyl carbamates (subject to hydrolysis) is 1. The van der Waals surface area contributed by atoms with Crippen LogP contribution in [-0.2, 0) is 16.5 Å². The van der Waals surface area contributed by atoms with Gasteiger partial charge in [0.1, 0.15) is 22.4 Å². The second-order valence-electron chi connectivity index (χ2n) is 11.1. The minimum atomic E-state index is -0.656. The molecule has 39 heavy (non-hydrogen) atoms. The van der Waals surface area contributed by atoms with Crippen molar-refractivity contribution < 1.29 is 24.2 Å². The van der Waals surface area contributed by atoms with Crippen molar-refractivity contribution in [3.8, 4) is 11.3 Å². The number of aromatic nitrogens is 4. The maximum absolute atomic E-state index is 12.6. The number of nitrogens with one attached hydrogen (secondary N) is 3. The molecule has 11 nitrogen and oxygen atoms in total. The number of rotatable bonds is 7. The summed E-state index contributed by atoms with van der Waals surface area (Å²) in [5, 5.41) is 16.3. The number of aromatic amines is 1. The van der Waals surface area contributed by atoms with Crippen LogP contribution in [0.15, 0.2) is 36.7 Å². The van der Waals surface area contributed by atoms with Gasteiger partial charge in [0, 0.05) is 18.1 Å². The average molecular weight is 537 g/mol. The number of anilines is 1. The van der Waals surface area contributed by atoms with Gasteiger partial charge in [-0.3, -0.25) is 5.32 Å². The van der Waals surface area contributed by atoms with Crippen LogP contribution in [0.25, 0.3) is 33.3 Å². The largest absolute Gasteiger partial charge is 0.444 e. The highest BCUT2D eigenvalue weighted by Crippen LogP contribution is 2.33. The summed E-state index contributed by atoms with van der Waals surface area (Å²) in [4.78, 5) is 37.3. The molecule has 11 heteroatoms. The molecule has 0 bridgehead atoms. The van der Waals surface area contributed by atoms with E-state index in [0.717, 1.165) is 22.2 Å². The van der Waals surface area contributed by atoms with Crippen LogP contribution in [0, 0.1) is 0 Å². The topological polar surface area (TPSA) is 143 Å². The third-order valence-electron chi connectivity index (χ3n) is 6.35. The summed E-state index contributed by atoms with van der Waals surface area (Å²) < 4.78 is 12.7. The first-order valence-corrected chi connectivity index (χ1v) is 12.8. The second-order valence-corrected chi connectivity index (χ2v) is 11.1. The zero-order valence-electron chi connectivity index (χ0n) is 23.4. The number of carbonyl (C=O) groups excluding carboxylic acids is 2. The van der Waals surface area contributed by atoms with E-state index in [9.17, 15) is 14.7 Å². The lowest BCUT2D eigenvalue weighted by Gasteiger charge is -2.23. The quantitative estimate of drug-likeness (QED) is 0.247. The minimum Gasteiger partial charge on any atom is -0.444 e. The third kappa shape index (κ3) is 6.31. The number of aliphatic hydroxyl groups is 1. The van der Waals surface area contributed by atoms with Gasteiger partial charge in [0.2, 0.25) is 0 Å². The van der Waals surface area contributed by atoms with E-state index in [1.165, 1.54) is 0 Å². The van der Waals surface area contributed by atoms with Gasteiger partial charge in [-0.2, -0.15) is 0 Å². The first kappa shape index (κ1) is 27.9. The van der Waals surface area contributed by atoms with Crippen molar-refractivity contribution in [2.75, 3.05) is 11.9 Å². The molecule has 4 aromatic rings. The molecule has 0 saturated carbocycles. The van der Waals surface area contributed by atoms with E-state index in [0.29, 0.717) is 29.0 Å². The van der Waals surface area contributed by atoms with Crippen molar-refractivity contribution in [1.82, 2.24) is 24.8 Å². The van der Waals surface area contributed by atoms with E-state index in [4.69, 9.17) is 9.47 Å². The van der Waals surface area contributed by atoms with Crippen molar-refractivity contribution in [2.45, 2.75) is 65.2 Å². The van der Waals surface area contributed by atoms with Crippen LogP contribution in [-0.4, -0.2) is 54.6 Å². The third-order valence-corrected chi connectivity index (χ3v) is 6.35. The predicted octanol–water partition coefficient (Wildman–Crippen LogP) is 5.41. The first-order chi connectivity index (χ1) is 18.3. The summed E-state index contributed by atoms with van der Waals surface area (Å²) in [7, 11) is 1.87. The van der Waals surface area contributed by atoms with Gasteiger partial charge in [-0.15, -0.1) is 0 Å². The Balaban J connectivity index is 1.68. The predicted molar refractivity (Wildman–Crippen MR) is 149 cm³/mol. The molecule has 2 amide bonds. The monoisotopic (exact) mass is 536 g/mol. The number of hydrogen-bond acceptors (Lipinski definition) is 7. The molecule has 4 N–H and O–H groups in total. The van der Waals surface area contributed by atoms with Crippen LogP contribution in [0.1, 0.15) is 59.6 Å². The van der Waals surface area contributed by atoms with E-state index in [-0.39, 0.29) is 6.61 Å².